The van der Waals surface area contributed by atoms with Gasteiger partial charge in [0.05, 0.1) is 43.7 Å². The van der Waals surface area contributed by atoms with Crippen molar-refractivity contribution in [3.05, 3.63) is 218 Å². The standard InChI is InChI=1S/C64H36N4S/c1-2-18-38(19-3-1)59-57-39-20-5-4-17-37(39)33-36-51(57)65-64(66-59)68-61-50(56-47-28-11-10-27-46(47)55-44-25-8-6-21-40(44)41-22-7-9-26-45(41)58(55)62(56)68)35-34-48-42-23-12-14-30-52(42)67(60(48)61)53-31-16-29-49-43-24-13-15-32-54(43)69-63(49)53/h1-36H. The fraction of sp³-hybridized carbons (Fsp3) is 0. The first-order valence-electron chi connectivity index (χ1n) is 23.6. The van der Waals surface area contributed by atoms with Gasteiger partial charge in [-0.25, -0.2) is 9.97 Å². The molecule has 318 valence electrons. The van der Waals surface area contributed by atoms with Crippen LogP contribution in [0, 0.1) is 0 Å². The molecule has 0 bridgehead atoms. The van der Waals surface area contributed by atoms with Gasteiger partial charge in [0.25, 0.3) is 0 Å². The van der Waals surface area contributed by atoms with Crippen LogP contribution < -0.4 is 0 Å². The lowest BCUT2D eigenvalue weighted by molar-refractivity contribution is 1.02. The molecule has 0 radical (unpaired) electrons. The third kappa shape index (κ3) is 4.96. The van der Waals surface area contributed by atoms with Crippen LogP contribution in [0.4, 0.5) is 0 Å². The Balaban J connectivity index is 1.22. The van der Waals surface area contributed by atoms with Crippen LogP contribution in [0.25, 0.3) is 151 Å². The molecule has 5 heteroatoms. The predicted octanol–water partition coefficient (Wildman–Crippen LogP) is 17.6. The first-order valence-corrected chi connectivity index (χ1v) is 24.4. The van der Waals surface area contributed by atoms with Crippen LogP contribution in [-0.2, 0) is 0 Å². The van der Waals surface area contributed by atoms with Gasteiger partial charge in [-0.2, -0.15) is 0 Å². The molecular weight excluding hydrogens is 857 g/mol. The maximum absolute atomic E-state index is 5.88. The molecule has 0 aliphatic carbocycles. The Hall–Kier alpha value is -8.90. The maximum Gasteiger partial charge on any atom is 0.235 e. The van der Waals surface area contributed by atoms with Crippen molar-refractivity contribution < 1.29 is 0 Å². The zero-order chi connectivity index (χ0) is 44.9. The summed E-state index contributed by atoms with van der Waals surface area (Å²) in [5.41, 5.74) is 8.47. The van der Waals surface area contributed by atoms with Crippen molar-refractivity contribution in [3.8, 4) is 22.9 Å². The van der Waals surface area contributed by atoms with E-state index in [0.29, 0.717) is 5.95 Å². The van der Waals surface area contributed by atoms with Gasteiger partial charge in [0.1, 0.15) is 0 Å². The average molecular weight is 893 g/mol. The predicted molar refractivity (Wildman–Crippen MR) is 294 cm³/mol. The van der Waals surface area contributed by atoms with Crippen molar-refractivity contribution in [2.75, 3.05) is 0 Å². The summed E-state index contributed by atoms with van der Waals surface area (Å²) in [5, 5.41) is 20.4. The summed E-state index contributed by atoms with van der Waals surface area (Å²) in [5.74, 6) is 0.634. The monoisotopic (exact) mass is 892 g/mol. The van der Waals surface area contributed by atoms with Crippen LogP contribution in [-0.4, -0.2) is 19.1 Å². The third-order valence-corrected chi connectivity index (χ3v) is 16.1. The molecule has 0 spiro atoms. The molecule has 0 saturated carbocycles. The van der Waals surface area contributed by atoms with Crippen LogP contribution in [0.1, 0.15) is 0 Å². The zero-order valence-corrected chi connectivity index (χ0v) is 37.8. The number of thiophene rings is 1. The minimum Gasteiger partial charge on any atom is -0.306 e. The number of hydrogen-bond acceptors (Lipinski definition) is 3. The zero-order valence-electron chi connectivity index (χ0n) is 37.0. The topological polar surface area (TPSA) is 35.6 Å². The summed E-state index contributed by atoms with van der Waals surface area (Å²) in [4.78, 5) is 11.6. The van der Waals surface area contributed by atoms with Crippen molar-refractivity contribution in [1.82, 2.24) is 19.1 Å². The second kappa shape index (κ2) is 13.8. The number of hydrogen-bond donors (Lipinski definition) is 0. The minimum atomic E-state index is 0.634. The molecule has 4 aromatic heterocycles. The van der Waals surface area contributed by atoms with E-state index in [4.69, 9.17) is 9.97 Å². The largest absolute Gasteiger partial charge is 0.306 e. The first-order chi connectivity index (χ1) is 34.3. The SMILES string of the molecule is c1ccc(-c2nc(-n3c4c(c5ccccc5c5c6ccccc6c6ccccc6c54)c4ccc5c6ccccc6n(-c6cccc7c6sc6ccccc67)c5c43)nc3ccc4ccccc4c23)cc1. The van der Waals surface area contributed by atoms with E-state index in [-0.39, 0.29) is 0 Å². The van der Waals surface area contributed by atoms with Crippen molar-refractivity contribution >= 4 is 140 Å². The Bertz CT molecular complexity index is 4900. The van der Waals surface area contributed by atoms with Gasteiger partial charge in [0.2, 0.25) is 5.95 Å². The molecule has 0 aliphatic rings. The highest BCUT2D eigenvalue weighted by molar-refractivity contribution is 7.26. The lowest BCUT2D eigenvalue weighted by atomic mass is 9.89. The summed E-state index contributed by atoms with van der Waals surface area (Å²) in [6.07, 6.45) is 0. The lowest BCUT2D eigenvalue weighted by Gasteiger charge is -2.18. The molecule has 69 heavy (non-hydrogen) atoms. The summed E-state index contributed by atoms with van der Waals surface area (Å²) < 4.78 is 7.55. The lowest BCUT2D eigenvalue weighted by Crippen LogP contribution is -2.05. The van der Waals surface area contributed by atoms with E-state index in [1.807, 2.05) is 11.3 Å². The normalized spacial score (nSPS) is 12.3. The van der Waals surface area contributed by atoms with E-state index < -0.39 is 0 Å². The van der Waals surface area contributed by atoms with E-state index in [2.05, 4.69) is 228 Å². The molecule has 16 rings (SSSR count). The highest BCUT2D eigenvalue weighted by Crippen LogP contribution is 2.51. The summed E-state index contributed by atoms with van der Waals surface area (Å²) in [7, 11) is 0. The van der Waals surface area contributed by atoms with Crippen molar-refractivity contribution in [2.45, 2.75) is 0 Å². The van der Waals surface area contributed by atoms with Gasteiger partial charge in [0.15, 0.2) is 0 Å². The summed E-state index contributed by atoms with van der Waals surface area (Å²) in [6.45, 7) is 0. The van der Waals surface area contributed by atoms with Gasteiger partial charge in [-0.05, 0) is 67.4 Å². The smallest absolute Gasteiger partial charge is 0.235 e. The fourth-order valence-corrected chi connectivity index (χ4v) is 13.3. The van der Waals surface area contributed by atoms with Crippen molar-refractivity contribution in [3.63, 3.8) is 0 Å². The third-order valence-electron chi connectivity index (χ3n) is 14.8. The van der Waals surface area contributed by atoms with Crippen LogP contribution in [0.3, 0.4) is 0 Å². The second-order valence-corrected chi connectivity index (χ2v) is 19.4. The van der Waals surface area contributed by atoms with Gasteiger partial charge >= 0.3 is 0 Å². The highest BCUT2D eigenvalue weighted by atomic mass is 32.1. The number of benzene rings is 12. The maximum atomic E-state index is 5.88. The van der Waals surface area contributed by atoms with E-state index in [9.17, 15) is 0 Å². The minimum absolute atomic E-state index is 0.634. The molecule has 0 amide bonds. The summed E-state index contributed by atoms with van der Waals surface area (Å²) >= 11 is 1.87. The molecule has 0 saturated heterocycles. The molecule has 0 aliphatic heterocycles. The van der Waals surface area contributed by atoms with E-state index in [1.54, 1.807) is 0 Å². The number of nitrogens with zero attached hydrogens (tertiary/aromatic N) is 4. The molecule has 16 aromatic rings. The second-order valence-electron chi connectivity index (χ2n) is 18.3. The van der Waals surface area contributed by atoms with E-state index in [0.717, 1.165) is 66.1 Å². The van der Waals surface area contributed by atoms with Crippen LogP contribution in [0.2, 0.25) is 0 Å². The van der Waals surface area contributed by atoms with Crippen molar-refractivity contribution in [2.24, 2.45) is 0 Å². The Kier molecular flexibility index (Phi) is 7.46. The number of para-hydroxylation sites is 1. The van der Waals surface area contributed by atoms with E-state index >= 15 is 0 Å². The van der Waals surface area contributed by atoms with Gasteiger partial charge < -0.3 is 4.57 Å². The molecule has 0 unspecified atom stereocenters. The van der Waals surface area contributed by atoms with Gasteiger partial charge in [-0.15, -0.1) is 11.3 Å². The van der Waals surface area contributed by atoms with Crippen LogP contribution in [0.5, 0.6) is 0 Å². The van der Waals surface area contributed by atoms with E-state index in [1.165, 1.54) is 79.4 Å². The van der Waals surface area contributed by atoms with Gasteiger partial charge in [-0.3, -0.25) is 4.57 Å². The molecule has 12 aromatic carbocycles. The van der Waals surface area contributed by atoms with Crippen LogP contribution in [0.15, 0.2) is 218 Å². The molecule has 4 nitrogen and oxygen atoms in total. The Morgan fingerprint density at radius 3 is 1.68 bits per heavy atom. The average Bonchev–Trinajstić information content (AvgIpc) is 4.09. The Morgan fingerprint density at radius 2 is 0.899 bits per heavy atom. The number of aromatic nitrogens is 4. The highest BCUT2D eigenvalue weighted by Gasteiger charge is 2.28. The molecule has 4 heterocycles. The fourth-order valence-electron chi connectivity index (χ4n) is 12.1. The Labute approximate surface area is 398 Å². The molecule has 0 fully saturated rings. The summed E-state index contributed by atoms with van der Waals surface area (Å²) in [6, 6.07) is 80.0. The van der Waals surface area contributed by atoms with Crippen LogP contribution >= 0.6 is 11.3 Å². The van der Waals surface area contributed by atoms with Gasteiger partial charge in [-0.1, -0.05) is 194 Å². The first kappa shape index (κ1) is 37.2. The van der Waals surface area contributed by atoms with Crippen molar-refractivity contribution in [1.29, 1.82) is 0 Å². The molecular formula is C64H36N4S. The van der Waals surface area contributed by atoms with Gasteiger partial charge in [0, 0.05) is 58.7 Å². The Morgan fingerprint density at radius 1 is 0.319 bits per heavy atom. The molecule has 0 N–H and O–H groups in total. The molecule has 0 atom stereocenters. The quantitative estimate of drug-likeness (QED) is 0.166. The number of fused-ring (bicyclic) bond motifs is 23. The number of rotatable bonds is 3.